The third-order valence-electron chi connectivity index (χ3n) is 1.91. The molecule has 0 amide bonds. The molecule has 1 aromatic rings. The van der Waals surface area contributed by atoms with E-state index in [1.807, 2.05) is 0 Å². The zero-order valence-electron chi connectivity index (χ0n) is 8.67. The van der Waals surface area contributed by atoms with Gasteiger partial charge in [0.1, 0.15) is 5.76 Å². The molecule has 0 aromatic carbocycles. The molecule has 1 heterocycles. The molecule has 6 heteroatoms. The highest BCUT2D eigenvalue weighted by atomic mass is 32.2. The first-order valence-electron chi connectivity index (χ1n) is 4.63. The van der Waals surface area contributed by atoms with Crippen LogP contribution < -0.4 is 0 Å². The molecule has 16 heavy (non-hydrogen) atoms. The number of carboxylic acids is 2. The summed E-state index contributed by atoms with van der Waals surface area (Å²) in [5.41, 5.74) is 0. The maximum Gasteiger partial charge on any atom is 0.371 e. The molecule has 1 aromatic heterocycles. The molecular weight excluding hydrogens is 232 g/mol. The molecule has 0 fully saturated rings. The van der Waals surface area contributed by atoms with Crippen molar-refractivity contribution in [2.45, 2.75) is 12.7 Å². The number of thioether (sulfide) groups is 1. The van der Waals surface area contributed by atoms with Crippen molar-refractivity contribution >= 4 is 23.7 Å². The minimum absolute atomic E-state index is 0.0955. The molecule has 0 radical (unpaired) electrons. The first-order valence-corrected chi connectivity index (χ1v) is 5.78. The van der Waals surface area contributed by atoms with E-state index in [-0.39, 0.29) is 5.76 Å². The third-order valence-corrected chi connectivity index (χ3v) is 3.13. The van der Waals surface area contributed by atoms with Gasteiger partial charge in [-0.1, -0.05) is 6.92 Å². The summed E-state index contributed by atoms with van der Waals surface area (Å²) in [6, 6.07) is 2.97. The van der Waals surface area contributed by atoms with E-state index in [0.717, 1.165) is 0 Å². The molecule has 0 saturated heterocycles. The zero-order chi connectivity index (χ0) is 12.1. The average Bonchev–Trinajstić information content (AvgIpc) is 2.66. The van der Waals surface area contributed by atoms with E-state index in [9.17, 15) is 9.59 Å². The first-order chi connectivity index (χ1) is 7.50. The van der Waals surface area contributed by atoms with Crippen LogP contribution in [0.4, 0.5) is 0 Å². The second-order valence-electron chi connectivity index (χ2n) is 3.33. The van der Waals surface area contributed by atoms with Crippen LogP contribution >= 0.6 is 11.8 Å². The van der Waals surface area contributed by atoms with Crippen molar-refractivity contribution in [1.29, 1.82) is 0 Å². The van der Waals surface area contributed by atoms with Gasteiger partial charge in [0.25, 0.3) is 0 Å². The van der Waals surface area contributed by atoms with Gasteiger partial charge in [0.15, 0.2) is 0 Å². The monoisotopic (exact) mass is 244 g/mol. The number of hydrogen-bond acceptors (Lipinski definition) is 4. The van der Waals surface area contributed by atoms with Crippen LogP contribution in [0.2, 0.25) is 0 Å². The molecule has 0 saturated carbocycles. The van der Waals surface area contributed by atoms with Gasteiger partial charge in [-0.15, -0.1) is 0 Å². The Morgan fingerprint density at radius 2 is 2.12 bits per heavy atom. The van der Waals surface area contributed by atoms with Crippen LogP contribution in [0.25, 0.3) is 0 Å². The summed E-state index contributed by atoms with van der Waals surface area (Å²) in [6.45, 7) is 1.63. The summed E-state index contributed by atoms with van der Waals surface area (Å²) in [6.07, 6.45) is 0. The van der Waals surface area contributed by atoms with Crippen LogP contribution in [-0.4, -0.2) is 27.9 Å². The molecule has 0 aliphatic rings. The molecule has 1 rings (SSSR count). The van der Waals surface area contributed by atoms with Crippen molar-refractivity contribution in [2.24, 2.45) is 5.92 Å². The van der Waals surface area contributed by atoms with Crippen LogP contribution in [0.3, 0.4) is 0 Å². The average molecular weight is 244 g/mol. The van der Waals surface area contributed by atoms with Crippen molar-refractivity contribution < 1.29 is 24.2 Å². The topological polar surface area (TPSA) is 87.7 Å². The van der Waals surface area contributed by atoms with Crippen LogP contribution in [-0.2, 0) is 10.5 Å². The van der Waals surface area contributed by atoms with Gasteiger partial charge in [-0.2, -0.15) is 11.8 Å². The Morgan fingerprint density at radius 3 is 2.62 bits per heavy atom. The highest BCUT2D eigenvalue weighted by Crippen LogP contribution is 2.17. The summed E-state index contributed by atoms with van der Waals surface area (Å²) in [5.74, 6) is -0.960. The quantitative estimate of drug-likeness (QED) is 0.795. The lowest BCUT2D eigenvalue weighted by Crippen LogP contribution is -2.11. The largest absolute Gasteiger partial charge is 0.481 e. The number of furan rings is 1. The predicted molar refractivity (Wildman–Crippen MR) is 58.6 cm³/mol. The molecule has 5 nitrogen and oxygen atoms in total. The number of aromatic carboxylic acids is 1. The summed E-state index contributed by atoms with van der Waals surface area (Å²) < 4.78 is 5.02. The molecule has 1 atom stereocenters. The Kier molecular flexibility index (Phi) is 4.42. The lowest BCUT2D eigenvalue weighted by atomic mass is 10.2. The first kappa shape index (κ1) is 12.6. The Bertz CT molecular complexity index is 384. The number of aliphatic carboxylic acids is 1. The minimum atomic E-state index is -1.10. The Labute approximate surface area is 96.5 Å². The fourth-order valence-electron chi connectivity index (χ4n) is 0.978. The van der Waals surface area contributed by atoms with E-state index in [2.05, 4.69) is 0 Å². The minimum Gasteiger partial charge on any atom is -0.481 e. The maximum absolute atomic E-state index is 10.5. The van der Waals surface area contributed by atoms with Gasteiger partial charge in [-0.05, 0) is 12.1 Å². The Morgan fingerprint density at radius 1 is 1.44 bits per heavy atom. The van der Waals surface area contributed by atoms with Gasteiger partial charge in [0.2, 0.25) is 5.76 Å². The van der Waals surface area contributed by atoms with Crippen molar-refractivity contribution in [3.05, 3.63) is 23.7 Å². The van der Waals surface area contributed by atoms with E-state index in [1.54, 1.807) is 13.0 Å². The highest BCUT2D eigenvalue weighted by Gasteiger charge is 2.12. The maximum atomic E-state index is 10.5. The molecule has 0 aliphatic heterocycles. The number of rotatable bonds is 6. The predicted octanol–water partition coefficient (Wildman–Crippen LogP) is 1.93. The lowest BCUT2D eigenvalue weighted by Gasteiger charge is -2.03. The van der Waals surface area contributed by atoms with Crippen LogP contribution in [0, 0.1) is 5.92 Å². The third kappa shape index (κ3) is 3.62. The smallest absolute Gasteiger partial charge is 0.371 e. The van der Waals surface area contributed by atoms with Gasteiger partial charge < -0.3 is 14.6 Å². The molecule has 0 bridgehead atoms. The van der Waals surface area contributed by atoms with Gasteiger partial charge in [-0.3, -0.25) is 4.79 Å². The summed E-state index contributed by atoms with van der Waals surface area (Å²) >= 11 is 1.40. The van der Waals surface area contributed by atoms with Crippen LogP contribution in [0.15, 0.2) is 16.5 Å². The normalized spacial score (nSPS) is 12.3. The lowest BCUT2D eigenvalue weighted by molar-refractivity contribution is -0.140. The zero-order valence-corrected chi connectivity index (χ0v) is 9.49. The van der Waals surface area contributed by atoms with E-state index in [1.165, 1.54) is 17.8 Å². The molecule has 2 N–H and O–H groups in total. The number of carbonyl (C=O) groups is 2. The summed E-state index contributed by atoms with van der Waals surface area (Å²) in [7, 11) is 0. The van der Waals surface area contributed by atoms with Crippen molar-refractivity contribution in [3.63, 3.8) is 0 Å². The van der Waals surface area contributed by atoms with Gasteiger partial charge in [0.05, 0.1) is 11.7 Å². The highest BCUT2D eigenvalue weighted by molar-refractivity contribution is 7.98. The van der Waals surface area contributed by atoms with Crippen molar-refractivity contribution in [1.82, 2.24) is 0 Å². The number of hydrogen-bond donors (Lipinski definition) is 2. The summed E-state index contributed by atoms with van der Waals surface area (Å²) in [5, 5.41) is 17.2. The SMILES string of the molecule is CC(CSCc1ccc(C(=O)O)o1)C(=O)O. The molecule has 0 spiro atoms. The van der Waals surface area contributed by atoms with E-state index in [4.69, 9.17) is 14.6 Å². The Hall–Kier alpha value is -1.43. The number of carboxylic acid groups (broad SMARTS) is 2. The van der Waals surface area contributed by atoms with Crippen molar-refractivity contribution in [3.8, 4) is 0 Å². The second kappa shape index (κ2) is 5.60. The van der Waals surface area contributed by atoms with Gasteiger partial charge in [0, 0.05) is 5.75 Å². The van der Waals surface area contributed by atoms with E-state index in [0.29, 0.717) is 17.3 Å². The van der Waals surface area contributed by atoms with E-state index < -0.39 is 17.9 Å². The summed E-state index contributed by atoms with van der Waals surface area (Å²) in [4.78, 5) is 21.0. The fourth-order valence-corrected chi connectivity index (χ4v) is 1.95. The fraction of sp³-hybridized carbons (Fsp3) is 0.400. The van der Waals surface area contributed by atoms with Crippen LogP contribution in [0.5, 0.6) is 0 Å². The van der Waals surface area contributed by atoms with Crippen LogP contribution in [0.1, 0.15) is 23.2 Å². The molecular formula is C10H12O5S. The standard InChI is InChI=1S/C10H12O5S/c1-6(9(11)12)4-16-5-7-2-3-8(15-7)10(13)14/h2-3,6H,4-5H2,1H3,(H,11,12)(H,13,14). The van der Waals surface area contributed by atoms with Crippen molar-refractivity contribution in [2.75, 3.05) is 5.75 Å². The molecule has 88 valence electrons. The van der Waals surface area contributed by atoms with Gasteiger partial charge in [-0.25, -0.2) is 4.79 Å². The van der Waals surface area contributed by atoms with Gasteiger partial charge >= 0.3 is 11.9 Å². The molecule has 1 unspecified atom stereocenters. The molecule has 0 aliphatic carbocycles. The van der Waals surface area contributed by atoms with E-state index >= 15 is 0 Å². The Balaban J connectivity index is 2.37. The second-order valence-corrected chi connectivity index (χ2v) is 4.36.